The van der Waals surface area contributed by atoms with E-state index in [9.17, 15) is 10.5 Å². The molecule has 0 aromatic heterocycles. The van der Waals surface area contributed by atoms with Crippen LogP contribution in [-0.4, -0.2) is 0 Å². The van der Waals surface area contributed by atoms with Crippen molar-refractivity contribution in [1.29, 1.82) is 10.5 Å². The molecule has 2 heteroatoms. The van der Waals surface area contributed by atoms with Crippen LogP contribution in [-0.2, 0) is 0 Å². The largest absolute Gasteiger partial charge is 0.198 e. The highest BCUT2D eigenvalue weighted by molar-refractivity contribution is 5.23. The summed E-state index contributed by atoms with van der Waals surface area (Å²) in [6, 6.07) is 4.86. The standard InChI is InChI=1S/C12H16N2/c1-11(7-13,9-3-4-9)12(2,8-14)10-5-6-10/h9-10H,3-6H2,1-2H3. The molecule has 0 amide bonds. The van der Waals surface area contributed by atoms with Gasteiger partial charge < -0.3 is 0 Å². The van der Waals surface area contributed by atoms with Crippen LogP contribution in [0.25, 0.3) is 0 Å². The average Bonchev–Trinajstić information content (AvgIpc) is 3.06. The number of rotatable bonds is 3. The third-order valence-corrected chi connectivity index (χ3v) is 4.33. The van der Waals surface area contributed by atoms with Crippen LogP contribution in [0.1, 0.15) is 39.5 Å². The predicted octanol–water partition coefficient (Wildman–Crippen LogP) is 2.87. The molecule has 2 aliphatic rings. The molecule has 2 aliphatic carbocycles. The summed E-state index contributed by atoms with van der Waals surface area (Å²) in [4.78, 5) is 0. The van der Waals surface area contributed by atoms with Gasteiger partial charge in [0.25, 0.3) is 0 Å². The lowest BCUT2D eigenvalue weighted by Crippen LogP contribution is -2.39. The molecule has 0 saturated heterocycles. The molecule has 2 unspecified atom stereocenters. The van der Waals surface area contributed by atoms with E-state index >= 15 is 0 Å². The van der Waals surface area contributed by atoms with E-state index in [1.165, 1.54) is 0 Å². The van der Waals surface area contributed by atoms with Crippen LogP contribution in [0.5, 0.6) is 0 Å². The molecule has 0 N–H and O–H groups in total. The average molecular weight is 188 g/mol. The van der Waals surface area contributed by atoms with Gasteiger partial charge in [-0.3, -0.25) is 0 Å². The van der Waals surface area contributed by atoms with E-state index in [0.717, 1.165) is 25.7 Å². The van der Waals surface area contributed by atoms with Crippen LogP contribution in [0.3, 0.4) is 0 Å². The van der Waals surface area contributed by atoms with Crippen molar-refractivity contribution in [3.63, 3.8) is 0 Å². The van der Waals surface area contributed by atoms with Crippen molar-refractivity contribution in [1.82, 2.24) is 0 Å². The monoisotopic (exact) mass is 188 g/mol. The summed E-state index contributed by atoms with van der Waals surface area (Å²) in [5.74, 6) is 0.940. The molecular weight excluding hydrogens is 172 g/mol. The first kappa shape index (κ1) is 9.53. The zero-order valence-electron chi connectivity index (χ0n) is 8.88. The van der Waals surface area contributed by atoms with Crippen molar-refractivity contribution in [2.24, 2.45) is 22.7 Å². The van der Waals surface area contributed by atoms with Gasteiger partial charge in [-0.2, -0.15) is 10.5 Å². The van der Waals surface area contributed by atoms with Gasteiger partial charge in [0, 0.05) is 0 Å². The third kappa shape index (κ3) is 1.07. The van der Waals surface area contributed by atoms with Crippen LogP contribution in [0, 0.1) is 45.3 Å². The van der Waals surface area contributed by atoms with E-state index in [4.69, 9.17) is 0 Å². The van der Waals surface area contributed by atoms with E-state index in [1.807, 2.05) is 13.8 Å². The maximum Gasteiger partial charge on any atom is 0.0759 e. The maximum absolute atomic E-state index is 9.34. The van der Waals surface area contributed by atoms with Gasteiger partial charge in [-0.05, 0) is 51.4 Å². The van der Waals surface area contributed by atoms with Crippen molar-refractivity contribution in [2.45, 2.75) is 39.5 Å². The molecule has 2 atom stereocenters. The van der Waals surface area contributed by atoms with Crippen LogP contribution in [0.4, 0.5) is 0 Å². The smallest absolute Gasteiger partial charge is 0.0759 e. The first-order valence-electron chi connectivity index (χ1n) is 5.41. The van der Waals surface area contributed by atoms with Crippen molar-refractivity contribution >= 4 is 0 Å². The molecule has 0 aromatic rings. The summed E-state index contributed by atoms with van der Waals surface area (Å²) >= 11 is 0. The Morgan fingerprint density at radius 3 is 1.29 bits per heavy atom. The zero-order chi connectivity index (χ0) is 10.4. The Morgan fingerprint density at radius 1 is 0.857 bits per heavy atom. The molecule has 0 bridgehead atoms. The van der Waals surface area contributed by atoms with Crippen molar-refractivity contribution in [2.75, 3.05) is 0 Å². The lowest BCUT2D eigenvalue weighted by Gasteiger charge is -2.37. The Bertz CT molecular complexity index is 293. The summed E-state index contributed by atoms with van der Waals surface area (Å²) in [7, 11) is 0. The first-order valence-corrected chi connectivity index (χ1v) is 5.41. The molecule has 0 spiro atoms. The Hall–Kier alpha value is -1.02. The Labute approximate surface area is 85.5 Å². The second-order valence-corrected chi connectivity index (χ2v) is 5.18. The van der Waals surface area contributed by atoms with E-state index in [1.54, 1.807) is 0 Å². The van der Waals surface area contributed by atoms with Crippen LogP contribution in [0.2, 0.25) is 0 Å². The maximum atomic E-state index is 9.34. The molecular formula is C12H16N2. The second-order valence-electron chi connectivity index (χ2n) is 5.18. The highest BCUT2D eigenvalue weighted by Crippen LogP contribution is 2.62. The van der Waals surface area contributed by atoms with Gasteiger partial charge in [-0.1, -0.05) is 0 Å². The molecule has 14 heavy (non-hydrogen) atoms. The van der Waals surface area contributed by atoms with Gasteiger partial charge in [-0.15, -0.1) is 0 Å². The first-order chi connectivity index (χ1) is 6.58. The molecule has 2 fully saturated rings. The molecule has 0 aromatic carbocycles. The molecule has 2 nitrogen and oxygen atoms in total. The molecule has 2 rings (SSSR count). The van der Waals surface area contributed by atoms with Crippen LogP contribution < -0.4 is 0 Å². The fraction of sp³-hybridized carbons (Fsp3) is 0.833. The summed E-state index contributed by atoms with van der Waals surface area (Å²) < 4.78 is 0. The lowest BCUT2D eigenvalue weighted by molar-refractivity contribution is 0.140. The Morgan fingerprint density at radius 2 is 1.14 bits per heavy atom. The molecule has 0 radical (unpaired) electrons. The fourth-order valence-corrected chi connectivity index (χ4v) is 2.58. The minimum absolute atomic E-state index is 0.414. The summed E-state index contributed by atoms with van der Waals surface area (Å²) in [5, 5.41) is 18.7. The third-order valence-electron chi connectivity index (χ3n) is 4.33. The van der Waals surface area contributed by atoms with Gasteiger partial charge in [0.1, 0.15) is 0 Å². The Kier molecular flexibility index (Phi) is 1.86. The number of hydrogen-bond acceptors (Lipinski definition) is 2. The minimum atomic E-state index is -0.414. The van der Waals surface area contributed by atoms with Crippen LogP contribution >= 0.6 is 0 Å². The van der Waals surface area contributed by atoms with Crippen LogP contribution in [0.15, 0.2) is 0 Å². The van der Waals surface area contributed by atoms with Gasteiger partial charge in [0.15, 0.2) is 0 Å². The predicted molar refractivity (Wildman–Crippen MR) is 52.9 cm³/mol. The summed E-state index contributed by atoms with van der Waals surface area (Å²) in [6.07, 6.45) is 4.53. The molecule has 2 saturated carbocycles. The lowest BCUT2D eigenvalue weighted by atomic mass is 9.61. The van der Waals surface area contributed by atoms with Gasteiger partial charge in [0.05, 0.1) is 23.0 Å². The molecule has 0 heterocycles. The second kappa shape index (κ2) is 2.74. The van der Waals surface area contributed by atoms with Gasteiger partial charge in [0.2, 0.25) is 0 Å². The van der Waals surface area contributed by atoms with E-state index in [0.29, 0.717) is 11.8 Å². The SMILES string of the molecule is CC(C#N)(C1CC1)C(C)(C#N)C1CC1. The highest BCUT2D eigenvalue weighted by atomic mass is 14.6. The number of nitrogens with zero attached hydrogens (tertiary/aromatic N) is 2. The van der Waals surface area contributed by atoms with Crippen molar-refractivity contribution < 1.29 is 0 Å². The van der Waals surface area contributed by atoms with E-state index in [2.05, 4.69) is 12.1 Å². The molecule has 74 valence electrons. The van der Waals surface area contributed by atoms with E-state index < -0.39 is 10.8 Å². The summed E-state index contributed by atoms with van der Waals surface area (Å²) in [5.41, 5.74) is -0.828. The zero-order valence-corrected chi connectivity index (χ0v) is 8.88. The molecule has 0 aliphatic heterocycles. The Balaban J connectivity index is 2.33. The quantitative estimate of drug-likeness (QED) is 0.683. The normalized spacial score (nSPS) is 29.4. The van der Waals surface area contributed by atoms with Gasteiger partial charge in [-0.25, -0.2) is 0 Å². The highest BCUT2D eigenvalue weighted by Gasteiger charge is 2.60. The topological polar surface area (TPSA) is 47.6 Å². The number of nitriles is 2. The fourth-order valence-electron chi connectivity index (χ4n) is 2.58. The van der Waals surface area contributed by atoms with Gasteiger partial charge >= 0.3 is 0 Å². The van der Waals surface area contributed by atoms with E-state index in [-0.39, 0.29) is 0 Å². The minimum Gasteiger partial charge on any atom is -0.198 e. The number of hydrogen-bond donors (Lipinski definition) is 0. The van der Waals surface area contributed by atoms with Crippen molar-refractivity contribution in [3.8, 4) is 12.1 Å². The summed E-state index contributed by atoms with van der Waals surface area (Å²) in [6.45, 7) is 3.98. The van der Waals surface area contributed by atoms with Crippen molar-refractivity contribution in [3.05, 3.63) is 0 Å².